The summed E-state index contributed by atoms with van der Waals surface area (Å²) < 4.78 is 0. The first-order valence-electron chi connectivity index (χ1n) is 4.30. The first-order valence-corrected chi connectivity index (χ1v) is 4.30. The molecule has 0 spiro atoms. The number of benzene rings is 1. The van der Waals surface area contributed by atoms with Crippen molar-refractivity contribution in [2.24, 2.45) is 0 Å². The van der Waals surface area contributed by atoms with Crippen LogP contribution >= 0.6 is 0 Å². The fourth-order valence-corrected chi connectivity index (χ4v) is 1.18. The van der Waals surface area contributed by atoms with Crippen LogP contribution in [0.4, 0.5) is 5.69 Å². The first kappa shape index (κ1) is 10.3. The number of anilines is 1. The monoisotopic (exact) mass is 190 g/mol. The van der Waals surface area contributed by atoms with E-state index in [4.69, 9.17) is 5.73 Å². The molecule has 14 heavy (non-hydrogen) atoms. The van der Waals surface area contributed by atoms with Crippen LogP contribution in [-0.4, -0.2) is 24.9 Å². The molecule has 0 unspecified atom stereocenters. The number of nitrogen functional groups attached to an aromatic ring is 1. The van der Waals surface area contributed by atoms with Gasteiger partial charge in [-0.3, -0.25) is 4.79 Å². The van der Waals surface area contributed by atoms with Crippen molar-refractivity contribution in [3.8, 4) is 0 Å². The molecule has 1 amide bonds. The molecule has 0 aliphatic heterocycles. The zero-order valence-electron chi connectivity index (χ0n) is 8.45. The fourth-order valence-electron chi connectivity index (χ4n) is 1.18. The Morgan fingerprint density at radius 2 is 2.14 bits per heavy atom. The SMILES string of the molecule is C=Cc1ccc(N)cc1C(=O)N(C)C. The average molecular weight is 190 g/mol. The molecule has 1 rings (SSSR count). The van der Waals surface area contributed by atoms with Crippen molar-refractivity contribution in [1.82, 2.24) is 4.90 Å². The minimum Gasteiger partial charge on any atom is -0.399 e. The molecule has 1 aromatic carbocycles. The maximum absolute atomic E-state index is 11.7. The van der Waals surface area contributed by atoms with Crippen molar-refractivity contribution >= 4 is 17.7 Å². The highest BCUT2D eigenvalue weighted by Crippen LogP contribution is 2.16. The summed E-state index contributed by atoms with van der Waals surface area (Å²) in [5.74, 6) is -0.0628. The van der Waals surface area contributed by atoms with Gasteiger partial charge >= 0.3 is 0 Å². The largest absolute Gasteiger partial charge is 0.399 e. The summed E-state index contributed by atoms with van der Waals surface area (Å²) >= 11 is 0. The Bertz CT molecular complexity index is 370. The van der Waals surface area contributed by atoms with E-state index < -0.39 is 0 Å². The Hall–Kier alpha value is -1.77. The third-order valence-electron chi connectivity index (χ3n) is 1.93. The Kier molecular flexibility index (Phi) is 2.92. The second kappa shape index (κ2) is 3.96. The van der Waals surface area contributed by atoms with Crippen molar-refractivity contribution in [3.05, 3.63) is 35.9 Å². The Labute approximate surface area is 83.8 Å². The lowest BCUT2D eigenvalue weighted by Crippen LogP contribution is -2.22. The number of hydrogen-bond acceptors (Lipinski definition) is 2. The van der Waals surface area contributed by atoms with Crippen molar-refractivity contribution in [2.45, 2.75) is 0 Å². The second-order valence-corrected chi connectivity index (χ2v) is 3.25. The van der Waals surface area contributed by atoms with E-state index in [9.17, 15) is 4.79 Å². The van der Waals surface area contributed by atoms with E-state index in [0.717, 1.165) is 5.56 Å². The topological polar surface area (TPSA) is 46.3 Å². The Morgan fingerprint density at radius 1 is 1.50 bits per heavy atom. The number of rotatable bonds is 2. The molecule has 0 aromatic heterocycles. The lowest BCUT2D eigenvalue weighted by Gasteiger charge is -2.12. The van der Waals surface area contributed by atoms with Crippen LogP contribution in [0.2, 0.25) is 0 Å². The van der Waals surface area contributed by atoms with Crippen LogP contribution < -0.4 is 5.73 Å². The predicted octanol–water partition coefficient (Wildman–Crippen LogP) is 1.61. The maximum atomic E-state index is 11.7. The van der Waals surface area contributed by atoms with Gasteiger partial charge in [-0.2, -0.15) is 0 Å². The summed E-state index contributed by atoms with van der Waals surface area (Å²) in [5, 5.41) is 0. The highest BCUT2D eigenvalue weighted by Gasteiger charge is 2.11. The molecular weight excluding hydrogens is 176 g/mol. The van der Waals surface area contributed by atoms with Crippen molar-refractivity contribution < 1.29 is 4.79 Å². The Balaban J connectivity index is 3.23. The summed E-state index contributed by atoms with van der Waals surface area (Å²) in [6.45, 7) is 3.65. The zero-order valence-corrected chi connectivity index (χ0v) is 8.45. The molecule has 0 atom stereocenters. The molecule has 0 aliphatic rings. The van der Waals surface area contributed by atoms with Crippen LogP contribution in [0, 0.1) is 0 Å². The quantitative estimate of drug-likeness (QED) is 0.720. The molecule has 0 saturated heterocycles. The van der Waals surface area contributed by atoms with Gasteiger partial charge in [-0.05, 0) is 17.7 Å². The molecule has 0 radical (unpaired) electrons. The molecule has 0 aliphatic carbocycles. The van der Waals surface area contributed by atoms with E-state index in [1.165, 1.54) is 4.90 Å². The van der Waals surface area contributed by atoms with Gasteiger partial charge in [0, 0.05) is 25.3 Å². The minimum atomic E-state index is -0.0628. The molecular formula is C11H14N2O. The molecule has 0 bridgehead atoms. The number of nitrogens with zero attached hydrogens (tertiary/aromatic N) is 1. The highest BCUT2D eigenvalue weighted by molar-refractivity contribution is 5.98. The van der Waals surface area contributed by atoms with E-state index in [2.05, 4.69) is 6.58 Å². The summed E-state index contributed by atoms with van der Waals surface area (Å²) in [6.07, 6.45) is 1.65. The molecule has 0 saturated carbocycles. The second-order valence-electron chi connectivity index (χ2n) is 3.25. The van der Waals surface area contributed by atoms with Crippen LogP contribution in [0.3, 0.4) is 0 Å². The van der Waals surface area contributed by atoms with Gasteiger partial charge in [-0.15, -0.1) is 0 Å². The molecule has 1 aromatic rings. The summed E-state index contributed by atoms with van der Waals surface area (Å²) in [7, 11) is 3.41. The van der Waals surface area contributed by atoms with E-state index in [1.54, 1.807) is 38.4 Å². The number of nitrogens with two attached hydrogens (primary N) is 1. The minimum absolute atomic E-state index is 0.0628. The Morgan fingerprint density at radius 3 is 2.64 bits per heavy atom. The van der Waals surface area contributed by atoms with Gasteiger partial charge in [-0.1, -0.05) is 18.7 Å². The van der Waals surface area contributed by atoms with Crippen LogP contribution in [0.25, 0.3) is 6.08 Å². The van der Waals surface area contributed by atoms with Crippen molar-refractivity contribution in [3.63, 3.8) is 0 Å². The zero-order chi connectivity index (χ0) is 10.7. The number of carbonyl (C=O) groups excluding carboxylic acids is 1. The molecule has 0 fully saturated rings. The highest BCUT2D eigenvalue weighted by atomic mass is 16.2. The maximum Gasteiger partial charge on any atom is 0.254 e. The standard InChI is InChI=1S/C11H14N2O/c1-4-8-5-6-9(12)7-10(8)11(14)13(2)3/h4-7H,1,12H2,2-3H3. The van der Waals surface area contributed by atoms with E-state index in [0.29, 0.717) is 11.3 Å². The number of amides is 1. The number of carbonyl (C=O) groups is 1. The molecule has 3 nitrogen and oxygen atoms in total. The van der Waals surface area contributed by atoms with Crippen LogP contribution in [0.1, 0.15) is 15.9 Å². The van der Waals surface area contributed by atoms with Gasteiger partial charge in [-0.25, -0.2) is 0 Å². The lowest BCUT2D eigenvalue weighted by atomic mass is 10.1. The van der Waals surface area contributed by atoms with Gasteiger partial charge < -0.3 is 10.6 Å². The van der Waals surface area contributed by atoms with E-state index in [-0.39, 0.29) is 5.91 Å². The van der Waals surface area contributed by atoms with Crippen molar-refractivity contribution in [1.29, 1.82) is 0 Å². The third-order valence-corrected chi connectivity index (χ3v) is 1.93. The third kappa shape index (κ3) is 1.93. The van der Waals surface area contributed by atoms with Gasteiger partial charge in [0.1, 0.15) is 0 Å². The van der Waals surface area contributed by atoms with Gasteiger partial charge in [0.15, 0.2) is 0 Å². The molecule has 3 heteroatoms. The van der Waals surface area contributed by atoms with E-state index >= 15 is 0 Å². The average Bonchev–Trinajstić information content (AvgIpc) is 2.16. The van der Waals surface area contributed by atoms with Crippen LogP contribution in [0.15, 0.2) is 24.8 Å². The molecule has 0 heterocycles. The van der Waals surface area contributed by atoms with Gasteiger partial charge in [0.05, 0.1) is 0 Å². The molecule has 2 N–H and O–H groups in total. The van der Waals surface area contributed by atoms with Gasteiger partial charge in [0.2, 0.25) is 0 Å². The summed E-state index contributed by atoms with van der Waals surface area (Å²) in [5.41, 5.74) is 7.59. The first-order chi connectivity index (χ1) is 6.56. The molecule has 74 valence electrons. The summed E-state index contributed by atoms with van der Waals surface area (Å²) in [6, 6.07) is 5.21. The van der Waals surface area contributed by atoms with Gasteiger partial charge in [0.25, 0.3) is 5.91 Å². The van der Waals surface area contributed by atoms with E-state index in [1.807, 2.05) is 0 Å². The fraction of sp³-hybridized carbons (Fsp3) is 0.182. The number of hydrogen-bond donors (Lipinski definition) is 1. The smallest absolute Gasteiger partial charge is 0.254 e. The van der Waals surface area contributed by atoms with Crippen molar-refractivity contribution in [2.75, 3.05) is 19.8 Å². The normalized spacial score (nSPS) is 9.57. The summed E-state index contributed by atoms with van der Waals surface area (Å²) in [4.78, 5) is 13.2. The lowest BCUT2D eigenvalue weighted by molar-refractivity contribution is 0.0827. The van der Waals surface area contributed by atoms with Crippen LogP contribution in [-0.2, 0) is 0 Å². The predicted molar refractivity (Wildman–Crippen MR) is 59.0 cm³/mol. The van der Waals surface area contributed by atoms with Crippen LogP contribution in [0.5, 0.6) is 0 Å².